The lowest BCUT2D eigenvalue weighted by molar-refractivity contribution is 0.250. The van der Waals surface area contributed by atoms with E-state index in [1.165, 1.54) is 6.42 Å². The number of hydrogen-bond acceptors (Lipinski definition) is 3. The summed E-state index contributed by atoms with van der Waals surface area (Å²) >= 11 is 0. The smallest absolute Gasteiger partial charge is 0.245 e. The van der Waals surface area contributed by atoms with Crippen LogP contribution in [0, 0.1) is 5.92 Å². The summed E-state index contributed by atoms with van der Waals surface area (Å²) in [4.78, 5) is 0.374. The molecule has 0 aliphatic heterocycles. The van der Waals surface area contributed by atoms with Crippen LogP contribution in [0.1, 0.15) is 26.2 Å². The van der Waals surface area contributed by atoms with E-state index >= 15 is 0 Å². The number of nitrogens with zero attached hydrogens (tertiary/aromatic N) is 1. The minimum atomic E-state index is -3.39. The van der Waals surface area contributed by atoms with Gasteiger partial charge >= 0.3 is 0 Å². The van der Waals surface area contributed by atoms with Gasteiger partial charge in [0.25, 0.3) is 0 Å². The van der Waals surface area contributed by atoms with Crippen molar-refractivity contribution in [2.24, 2.45) is 5.92 Å². The third-order valence-electron chi connectivity index (χ3n) is 3.81. The van der Waals surface area contributed by atoms with E-state index < -0.39 is 10.0 Å². The van der Waals surface area contributed by atoms with E-state index in [-0.39, 0.29) is 0 Å². The maximum absolute atomic E-state index is 12.7. The zero-order valence-electron chi connectivity index (χ0n) is 11.6. The minimum Gasteiger partial charge on any atom is -0.387 e. The predicted octanol–water partition coefficient (Wildman–Crippen LogP) is 2.54. The fraction of sp³-hybridized carbons (Fsp3) is 0.571. The van der Waals surface area contributed by atoms with E-state index in [1.807, 2.05) is 13.0 Å². The van der Waals surface area contributed by atoms with Crippen LogP contribution in [0.4, 0.5) is 5.69 Å². The van der Waals surface area contributed by atoms with Crippen LogP contribution in [0.5, 0.6) is 0 Å². The Balaban J connectivity index is 2.28. The van der Waals surface area contributed by atoms with Crippen LogP contribution in [-0.2, 0) is 10.0 Å². The number of benzene rings is 1. The molecule has 1 aromatic rings. The van der Waals surface area contributed by atoms with Gasteiger partial charge in [-0.3, -0.25) is 0 Å². The van der Waals surface area contributed by atoms with Gasteiger partial charge < -0.3 is 5.32 Å². The summed E-state index contributed by atoms with van der Waals surface area (Å²) in [5.41, 5.74) is 0.662. The van der Waals surface area contributed by atoms with Gasteiger partial charge in [-0.15, -0.1) is 0 Å². The first kappa shape index (κ1) is 14.3. The third kappa shape index (κ3) is 2.92. The Bertz CT molecular complexity index is 524. The van der Waals surface area contributed by atoms with Crippen molar-refractivity contribution in [3.63, 3.8) is 0 Å². The van der Waals surface area contributed by atoms with E-state index in [9.17, 15) is 8.42 Å². The molecule has 0 aromatic heterocycles. The average molecular weight is 282 g/mol. The lowest BCUT2D eigenvalue weighted by atomic mass is 9.85. The van der Waals surface area contributed by atoms with Crippen molar-refractivity contribution in [1.82, 2.24) is 4.31 Å². The largest absolute Gasteiger partial charge is 0.387 e. The summed E-state index contributed by atoms with van der Waals surface area (Å²) in [6, 6.07) is 7.08. The van der Waals surface area contributed by atoms with Gasteiger partial charge in [0.1, 0.15) is 4.90 Å². The van der Waals surface area contributed by atoms with E-state index in [0.717, 1.165) is 12.8 Å². The number of sulfonamides is 1. The van der Waals surface area contributed by atoms with Gasteiger partial charge in [0.15, 0.2) is 0 Å². The second-order valence-electron chi connectivity index (χ2n) is 5.00. The van der Waals surface area contributed by atoms with E-state index in [1.54, 1.807) is 29.6 Å². The van der Waals surface area contributed by atoms with Crippen LogP contribution in [-0.4, -0.2) is 32.9 Å². The van der Waals surface area contributed by atoms with Gasteiger partial charge in [0.05, 0.1) is 5.69 Å². The molecule has 0 bridgehead atoms. The summed E-state index contributed by atoms with van der Waals surface area (Å²) in [5.74, 6) is 0.538. The molecule has 106 valence electrons. The van der Waals surface area contributed by atoms with Gasteiger partial charge in [-0.2, -0.15) is 4.31 Å². The zero-order chi connectivity index (χ0) is 13.9. The summed E-state index contributed by atoms with van der Waals surface area (Å²) in [6.07, 6.45) is 3.54. The van der Waals surface area contributed by atoms with Crippen molar-refractivity contribution in [1.29, 1.82) is 0 Å². The molecule has 1 aliphatic rings. The highest BCUT2D eigenvalue weighted by atomic mass is 32.2. The normalized spacial score (nSPS) is 16.4. The zero-order valence-corrected chi connectivity index (χ0v) is 12.4. The topological polar surface area (TPSA) is 49.4 Å². The molecule has 4 nitrogen and oxygen atoms in total. The maximum atomic E-state index is 12.7. The Labute approximate surface area is 115 Å². The fourth-order valence-electron chi connectivity index (χ4n) is 2.40. The highest BCUT2D eigenvalue weighted by Gasteiger charge is 2.29. The molecule has 0 radical (unpaired) electrons. The molecule has 19 heavy (non-hydrogen) atoms. The summed E-state index contributed by atoms with van der Waals surface area (Å²) in [6.45, 7) is 3.08. The van der Waals surface area contributed by atoms with Crippen LogP contribution < -0.4 is 5.32 Å². The van der Waals surface area contributed by atoms with Crippen LogP contribution in [0.15, 0.2) is 29.2 Å². The van der Waals surface area contributed by atoms with Crippen molar-refractivity contribution in [2.75, 3.05) is 25.5 Å². The van der Waals surface area contributed by atoms with Crippen LogP contribution in [0.3, 0.4) is 0 Å². The standard InChI is InChI=1S/C14H22N2O2S/c1-3-16(11-12-7-6-8-12)19(17,18)14-10-5-4-9-13(14)15-2/h4-5,9-10,12,15H,3,6-8,11H2,1-2H3. The van der Waals surface area contributed by atoms with Crippen molar-refractivity contribution >= 4 is 15.7 Å². The van der Waals surface area contributed by atoms with Crippen molar-refractivity contribution in [3.05, 3.63) is 24.3 Å². The SMILES string of the molecule is CCN(CC1CCC1)S(=O)(=O)c1ccccc1NC. The first-order valence-corrected chi connectivity index (χ1v) is 8.30. The van der Waals surface area contributed by atoms with Gasteiger partial charge in [-0.25, -0.2) is 8.42 Å². The predicted molar refractivity (Wildman–Crippen MR) is 77.8 cm³/mol. The monoisotopic (exact) mass is 282 g/mol. The molecular formula is C14H22N2O2S. The van der Waals surface area contributed by atoms with Crippen LogP contribution in [0.25, 0.3) is 0 Å². The molecule has 0 heterocycles. The Morgan fingerprint density at radius 1 is 1.32 bits per heavy atom. The fourth-order valence-corrected chi connectivity index (χ4v) is 4.12. The number of nitrogens with one attached hydrogen (secondary N) is 1. The van der Waals surface area contributed by atoms with Gasteiger partial charge in [0.2, 0.25) is 10.0 Å². The lowest BCUT2D eigenvalue weighted by Crippen LogP contribution is -2.37. The summed E-state index contributed by atoms with van der Waals surface area (Å²) < 4.78 is 27.0. The highest BCUT2D eigenvalue weighted by molar-refractivity contribution is 7.89. The first-order chi connectivity index (χ1) is 9.09. The third-order valence-corrected chi connectivity index (χ3v) is 5.81. The minimum absolute atomic E-state index is 0.374. The molecular weight excluding hydrogens is 260 g/mol. The summed E-state index contributed by atoms with van der Waals surface area (Å²) in [7, 11) is -1.65. The van der Waals surface area contributed by atoms with Gasteiger partial charge in [-0.05, 0) is 30.9 Å². The molecule has 0 unspecified atom stereocenters. The second-order valence-corrected chi connectivity index (χ2v) is 6.91. The number of rotatable bonds is 6. The van der Waals surface area contributed by atoms with Crippen molar-refractivity contribution in [3.8, 4) is 0 Å². The number of anilines is 1. The average Bonchev–Trinajstić information content (AvgIpc) is 2.37. The molecule has 1 aliphatic carbocycles. The lowest BCUT2D eigenvalue weighted by Gasteiger charge is -2.31. The second kappa shape index (κ2) is 5.92. The molecule has 0 atom stereocenters. The van der Waals surface area contributed by atoms with Crippen LogP contribution >= 0.6 is 0 Å². The Hall–Kier alpha value is -1.07. The highest BCUT2D eigenvalue weighted by Crippen LogP contribution is 2.30. The Morgan fingerprint density at radius 3 is 2.53 bits per heavy atom. The molecule has 0 amide bonds. The molecule has 5 heteroatoms. The molecule has 0 saturated heterocycles. The van der Waals surface area contributed by atoms with Crippen LogP contribution in [0.2, 0.25) is 0 Å². The Morgan fingerprint density at radius 2 is 2.00 bits per heavy atom. The van der Waals surface area contributed by atoms with Gasteiger partial charge in [0, 0.05) is 20.1 Å². The van der Waals surface area contributed by atoms with Crippen molar-refractivity contribution in [2.45, 2.75) is 31.1 Å². The molecule has 0 spiro atoms. The van der Waals surface area contributed by atoms with E-state index in [0.29, 0.717) is 29.6 Å². The molecule has 1 aromatic carbocycles. The Kier molecular flexibility index (Phi) is 4.47. The summed E-state index contributed by atoms with van der Waals surface area (Å²) in [5, 5.41) is 2.96. The quantitative estimate of drug-likeness (QED) is 0.872. The maximum Gasteiger partial charge on any atom is 0.245 e. The molecule has 1 saturated carbocycles. The van der Waals surface area contributed by atoms with E-state index in [4.69, 9.17) is 0 Å². The van der Waals surface area contributed by atoms with Gasteiger partial charge in [-0.1, -0.05) is 25.5 Å². The molecule has 1 N–H and O–H groups in total. The first-order valence-electron chi connectivity index (χ1n) is 6.86. The molecule has 2 rings (SSSR count). The number of hydrogen-bond donors (Lipinski definition) is 1. The molecule has 1 fully saturated rings. The number of para-hydroxylation sites is 1. The van der Waals surface area contributed by atoms with E-state index in [2.05, 4.69) is 5.32 Å². The van der Waals surface area contributed by atoms with Crippen molar-refractivity contribution < 1.29 is 8.42 Å².